The predicted molar refractivity (Wildman–Crippen MR) is 107 cm³/mol. The number of anilines is 1. The van der Waals surface area contributed by atoms with E-state index in [0.717, 1.165) is 37.1 Å². The van der Waals surface area contributed by atoms with Crippen molar-refractivity contribution in [3.8, 4) is 0 Å². The summed E-state index contributed by atoms with van der Waals surface area (Å²) in [5.74, 6) is 0.225. The third kappa shape index (κ3) is 4.06. The first-order valence-corrected chi connectivity index (χ1v) is 9.71. The van der Waals surface area contributed by atoms with Crippen molar-refractivity contribution in [2.75, 3.05) is 18.0 Å². The van der Waals surface area contributed by atoms with Crippen LogP contribution in [-0.4, -0.2) is 29.2 Å². The second-order valence-electron chi connectivity index (χ2n) is 7.16. The lowest BCUT2D eigenvalue weighted by Crippen LogP contribution is -2.30. The summed E-state index contributed by atoms with van der Waals surface area (Å²) in [5, 5.41) is 11.6. The Labute approximate surface area is 164 Å². The standard InChI is InChI=1S/C22H24N4O2/c1-16-9-8-12-18(15-16)20(27)23-19(17-10-4-2-5-11-17)21-24-25-22(28-21)26-13-6-3-7-14-26/h2,4-5,8-12,15,19H,3,6-7,13-14H2,1H3,(H,23,27)/t19-/m1/s1. The van der Waals surface area contributed by atoms with E-state index in [9.17, 15) is 4.79 Å². The molecule has 1 aliphatic rings. The van der Waals surface area contributed by atoms with Crippen molar-refractivity contribution in [1.29, 1.82) is 0 Å². The lowest BCUT2D eigenvalue weighted by atomic mass is 10.1. The summed E-state index contributed by atoms with van der Waals surface area (Å²) in [5.41, 5.74) is 2.54. The van der Waals surface area contributed by atoms with Crippen LogP contribution in [0.15, 0.2) is 59.0 Å². The number of aromatic nitrogens is 2. The second kappa shape index (κ2) is 8.25. The number of carbonyl (C=O) groups excluding carboxylic acids is 1. The van der Waals surface area contributed by atoms with Crippen LogP contribution in [0.2, 0.25) is 0 Å². The lowest BCUT2D eigenvalue weighted by molar-refractivity contribution is 0.0938. The van der Waals surface area contributed by atoms with Gasteiger partial charge in [0.05, 0.1) is 0 Å². The Bertz CT molecular complexity index is 932. The number of nitrogens with zero attached hydrogens (tertiary/aromatic N) is 3. The SMILES string of the molecule is Cc1cccc(C(=O)N[C@H](c2ccccc2)c2nnc(N3CCCCC3)o2)c1. The van der Waals surface area contributed by atoms with Crippen molar-refractivity contribution in [3.05, 3.63) is 77.2 Å². The van der Waals surface area contributed by atoms with Gasteiger partial charge in [-0.2, -0.15) is 0 Å². The molecule has 3 aromatic rings. The van der Waals surface area contributed by atoms with Gasteiger partial charge in [0.1, 0.15) is 6.04 Å². The van der Waals surface area contributed by atoms with E-state index in [4.69, 9.17) is 4.42 Å². The summed E-state index contributed by atoms with van der Waals surface area (Å²) in [7, 11) is 0. The van der Waals surface area contributed by atoms with E-state index in [1.54, 1.807) is 6.07 Å². The molecule has 0 aliphatic carbocycles. The molecule has 6 nitrogen and oxygen atoms in total. The average molecular weight is 376 g/mol. The first-order valence-electron chi connectivity index (χ1n) is 9.71. The molecule has 1 aromatic heterocycles. The van der Waals surface area contributed by atoms with Gasteiger partial charge in [0, 0.05) is 18.7 Å². The molecule has 4 rings (SSSR count). The van der Waals surface area contributed by atoms with Gasteiger partial charge in [0.15, 0.2) is 0 Å². The zero-order valence-corrected chi connectivity index (χ0v) is 16.0. The summed E-state index contributed by atoms with van der Waals surface area (Å²) in [4.78, 5) is 15.0. The fraction of sp³-hybridized carbons (Fsp3) is 0.318. The second-order valence-corrected chi connectivity index (χ2v) is 7.16. The van der Waals surface area contributed by atoms with E-state index >= 15 is 0 Å². The number of benzene rings is 2. The van der Waals surface area contributed by atoms with Gasteiger partial charge in [-0.15, -0.1) is 5.10 Å². The van der Waals surface area contributed by atoms with Crippen molar-refractivity contribution in [3.63, 3.8) is 0 Å². The maximum Gasteiger partial charge on any atom is 0.318 e. The molecule has 2 aromatic carbocycles. The van der Waals surface area contributed by atoms with Crippen molar-refractivity contribution in [2.24, 2.45) is 0 Å². The predicted octanol–water partition coefficient (Wildman–Crippen LogP) is 3.89. The van der Waals surface area contributed by atoms with Gasteiger partial charge in [0.2, 0.25) is 5.89 Å². The van der Waals surface area contributed by atoms with Crippen LogP contribution in [0.4, 0.5) is 6.01 Å². The van der Waals surface area contributed by atoms with Crippen LogP contribution >= 0.6 is 0 Å². The summed E-state index contributed by atoms with van der Waals surface area (Å²) in [6.45, 7) is 3.81. The first kappa shape index (κ1) is 18.2. The smallest absolute Gasteiger partial charge is 0.318 e. The fourth-order valence-corrected chi connectivity index (χ4v) is 3.49. The van der Waals surface area contributed by atoms with E-state index in [1.807, 2.05) is 55.5 Å². The zero-order chi connectivity index (χ0) is 19.3. The molecule has 0 spiro atoms. The minimum Gasteiger partial charge on any atom is -0.405 e. The Kier molecular flexibility index (Phi) is 5.37. The summed E-state index contributed by atoms with van der Waals surface area (Å²) in [6, 6.07) is 17.2. The summed E-state index contributed by atoms with van der Waals surface area (Å²) < 4.78 is 5.99. The third-order valence-corrected chi connectivity index (χ3v) is 4.99. The highest BCUT2D eigenvalue weighted by Crippen LogP contribution is 2.25. The molecule has 1 aliphatic heterocycles. The maximum atomic E-state index is 12.9. The first-order chi connectivity index (χ1) is 13.7. The van der Waals surface area contributed by atoms with Crippen LogP contribution < -0.4 is 10.2 Å². The van der Waals surface area contributed by atoms with Gasteiger partial charge in [-0.3, -0.25) is 4.79 Å². The molecule has 0 radical (unpaired) electrons. The number of hydrogen-bond acceptors (Lipinski definition) is 5. The van der Waals surface area contributed by atoms with Crippen LogP contribution in [0.3, 0.4) is 0 Å². The highest BCUT2D eigenvalue weighted by molar-refractivity contribution is 5.94. The molecule has 0 bridgehead atoms. The maximum absolute atomic E-state index is 12.9. The molecule has 0 unspecified atom stereocenters. The molecule has 28 heavy (non-hydrogen) atoms. The molecule has 1 saturated heterocycles. The van der Waals surface area contributed by atoms with Gasteiger partial charge >= 0.3 is 6.01 Å². The molecule has 1 amide bonds. The van der Waals surface area contributed by atoms with Crippen LogP contribution in [0, 0.1) is 6.92 Å². The third-order valence-electron chi connectivity index (χ3n) is 4.99. The molecule has 2 heterocycles. The topological polar surface area (TPSA) is 71.3 Å². The van der Waals surface area contributed by atoms with Gasteiger partial charge in [-0.1, -0.05) is 53.1 Å². The fourth-order valence-electron chi connectivity index (χ4n) is 3.49. The van der Waals surface area contributed by atoms with E-state index in [1.165, 1.54) is 6.42 Å². The van der Waals surface area contributed by atoms with Gasteiger partial charge in [-0.05, 0) is 43.9 Å². The molecule has 1 atom stereocenters. The highest BCUT2D eigenvalue weighted by Gasteiger charge is 2.25. The number of hydrogen-bond donors (Lipinski definition) is 1. The van der Waals surface area contributed by atoms with Crippen molar-refractivity contribution in [1.82, 2.24) is 15.5 Å². The molecule has 6 heteroatoms. The van der Waals surface area contributed by atoms with E-state index in [0.29, 0.717) is 17.5 Å². The van der Waals surface area contributed by atoms with Crippen LogP contribution in [-0.2, 0) is 0 Å². The Balaban J connectivity index is 1.61. The van der Waals surface area contributed by atoms with Crippen molar-refractivity contribution >= 4 is 11.9 Å². The zero-order valence-electron chi connectivity index (χ0n) is 16.0. The Morgan fingerprint density at radius 1 is 1.04 bits per heavy atom. The number of aryl methyl sites for hydroxylation is 1. The van der Waals surface area contributed by atoms with E-state index in [2.05, 4.69) is 20.4 Å². The minimum absolute atomic E-state index is 0.171. The van der Waals surface area contributed by atoms with E-state index < -0.39 is 6.04 Å². The lowest BCUT2D eigenvalue weighted by Gasteiger charge is -2.24. The molecular weight excluding hydrogens is 352 g/mol. The Hall–Kier alpha value is -3.15. The van der Waals surface area contributed by atoms with Gasteiger partial charge in [0.25, 0.3) is 5.91 Å². The molecule has 1 N–H and O–H groups in total. The Morgan fingerprint density at radius 2 is 1.82 bits per heavy atom. The van der Waals surface area contributed by atoms with Crippen LogP contribution in [0.1, 0.15) is 52.7 Å². The molecule has 0 saturated carbocycles. The summed E-state index contributed by atoms with van der Waals surface area (Å²) in [6.07, 6.45) is 3.49. The van der Waals surface area contributed by atoms with Crippen molar-refractivity contribution < 1.29 is 9.21 Å². The Morgan fingerprint density at radius 3 is 2.57 bits per heavy atom. The normalized spacial score (nSPS) is 15.2. The average Bonchev–Trinajstić information content (AvgIpc) is 3.23. The number of nitrogens with one attached hydrogen (secondary N) is 1. The summed E-state index contributed by atoms with van der Waals surface area (Å²) >= 11 is 0. The molecule has 144 valence electrons. The number of carbonyl (C=O) groups is 1. The quantitative estimate of drug-likeness (QED) is 0.731. The van der Waals surface area contributed by atoms with E-state index in [-0.39, 0.29) is 5.91 Å². The van der Waals surface area contributed by atoms with Gasteiger partial charge < -0.3 is 14.6 Å². The minimum atomic E-state index is -0.500. The van der Waals surface area contributed by atoms with Gasteiger partial charge in [-0.25, -0.2) is 0 Å². The number of piperidine rings is 1. The van der Waals surface area contributed by atoms with Crippen LogP contribution in [0.25, 0.3) is 0 Å². The number of rotatable bonds is 5. The van der Waals surface area contributed by atoms with Crippen LogP contribution in [0.5, 0.6) is 0 Å². The molecule has 1 fully saturated rings. The van der Waals surface area contributed by atoms with Crippen molar-refractivity contribution in [2.45, 2.75) is 32.2 Å². The largest absolute Gasteiger partial charge is 0.405 e. The monoisotopic (exact) mass is 376 g/mol. The highest BCUT2D eigenvalue weighted by atomic mass is 16.4. The number of amides is 1. The molecular formula is C22H24N4O2.